The maximum atomic E-state index is 12.7. The Morgan fingerprint density at radius 3 is 2.33 bits per heavy atom. The number of nitrogens with one attached hydrogen (secondary N) is 2. The molecule has 1 atom stereocenters. The van der Waals surface area contributed by atoms with Gasteiger partial charge in [0.1, 0.15) is 18.4 Å². The predicted octanol–water partition coefficient (Wildman–Crippen LogP) is 4.82. The fourth-order valence-corrected chi connectivity index (χ4v) is 3.17. The molecule has 3 aromatic carbocycles. The Balaban J connectivity index is 1.61. The van der Waals surface area contributed by atoms with Crippen molar-refractivity contribution in [2.24, 2.45) is 11.0 Å². The molecule has 6 nitrogen and oxygen atoms in total. The molecule has 0 bridgehead atoms. The first-order valence-electron chi connectivity index (χ1n) is 10.6. The molecule has 0 aliphatic carbocycles. The van der Waals surface area contributed by atoms with Crippen LogP contribution >= 0.6 is 11.6 Å². The number of carbonyl (C=O) groups excluding carboxylic acids is 2. The van der Waals surface area contributed by atoms with E-state index in [1.165, 1.54) is 6.21 Å². The van der Waals surface area contributed by atoms with Crippen molar-refractivity contribution >= 4 is 29.6 Å². The van der Waals surface area contributed by atoms with Gasteiger partial charge in [-0.2, -0.15) is 5.10 Å². The maximum absolute atomic E-state index is 12.7. The van der Waals surface area contributed by atoms with Crippen molar-refractivity contribution in [3.63, 3.8) is 0 Å². The second-order valence-electron chi connectivity index (χ2n) is 7.75. The zero-order valence-electron chi connectivity index (χ0n) is 18.5. The Kier molecular flexibility index (Phi) is 8.61. The van der Waals surface area contributed by atoms with Gasteiger partial charge in [0.05, 0.1) is 6.21 Å². The van der Waals surface area contributed by atoms with E-state index in [0.717, 1.165) is 5.56 Å². The number of rotatable bonds is 9. The molecule has 2 N–H and O–H groups in total. The minimum Gasteiger partial charge on any atom is -0.488 e. The third kappa shape index (κ3) is 7.19. The quantitative estimate of drug-likeness (QED) is 0.352. The molecule has 0 saturated heterocycles. The SMILES string of the molecule is CC(C)C(NC(=O)c1ccccc1)C(=O)N/N=C/c1ccccc1OCc1ccc(Cl)cc1. The number of halogens is 1. The molecule has 1 unspecified atom stereocenters. The van der Waals surface area contributed by atoms with Gasteiger partial charge in [0.15, 0.2) is 0 Å². The number of ether oxygens (including phenoxy) is 1. The van der Waals surface area contributed by atoms with Crippen LogP contribution < -0.4 is 15.5 Å². The van der Waals surface area contributed by atoms with E-state index < -0.39 is 11.9 Å². The lowest BCUT2D eigenvalue weighted by atomic mass is 10.0. The number of carbonyl (C=O) groups is 2. The van der Waals surface area contributed by atoms with Gasteiger partial charge in [0.2, 0.25) is 0 Å². The van der Waals surface area contributed by atoms with Crippen LogP contribution in [0.5, 0.6) is 5.75 Å². The van der Waals surface area contributed by atoms with Crippen LogP contribution in [0.15, 0.2) is 84.0 Å². The summed E-state index contributed by atoms with van der Waals surface area (Å²) in [6.07, 6.45) is 1.52. The topological polar surface area (TPSA) is 79.8 Å². The van der Waals surface area contributed by atoms with Crippen LogP contribution in [0.3, 0.4) is 0 Å². The highest BCUT2D eigenvalue weighted by Gasteiger charge is 2.24. The molecule has 0 saturated carbocycles. The first-order valence-corrected chi connectivity index (χ1v) is 11.0. The summed E-state index contributed by atoms with van der Waals surface area (Å²) in [5, 5.41) is 7.52. The number of hydrazone groups is 1. The van der Waals surface area contributed by atoms with E-state index in [1.807, 2.05) is 68.4 Å². The first kappa shape index (κ1) is 24.0. The minimum absolute atomic E-state index is 0.122. The summed E-state index contributed by atoms with van der Waals surface area (Å²) in [5.41, 5.74) is 4.70. The molecule has 0 heterocycles. The fraction of sp³-hybridized carbons (Fsp3) is 0.192. The molecule has 170 valence electrons. The van der Waals surface area contributed by atoms with Gasteiger partial charge in [-0.1, -0.05) is 67.9 Å². The van der Waals surface area contributed by atoms with Gasteiger partial charge in [-0.25, -0.2) is 5.43 Å². The highest BCUT2D eigenvalue weighted by Crippen LogP contribution is 2.18. The molecule has 33 heavy (non-hydrogen) atoms. The van der Waals surface area contributed by atoms with Gasteiger partial charge < -0.3 is 10.1 Å². The molecule has 0 aliphatic rings. The van der Waals surface area contributed by atoms with Gasteiger partial charge in [-0.15, -0.1) is 0 Å². The Labute approximate surface area is 198 Å². The molecular formula is C26H26ClN3O3. The van der Waals surface area contributed by atoms with E-state index in [2.05, 4.69) is 15.8 Å². The van der Waals surface area contributed by atoms with Crippen molar-refractivity contribution < 1.29 is 14.3 Å². The summed E-state index contributed by atoms with van der Waals surface area (Å²) in [4.78, 5) is 25.1. The zero-order chi connectivity index (χ0) is 23.6. The monoisotopic (exact) mass is 463 g/mol. The van der Waals surface area contributed by atoms with Crippen LogP contribution in [0.2, 0.25) is 5.02 Å². The Morgan fingerprint density at radius 1 is 0.970 bits per heavy atom. The summed E-state index contributed by atoms with van der Waals surface area (Å²) in [6.45, 7) is 4.09. The molecule has 3 aromatic rings. The van der Waals surface area contributed by atoms with E-state index >= 15 is 0 Å². The van der Waals surface area contributed by atoms with Crippen LogP contribution in [-0.2, 0) is 11.4 Å². The lowest BCUT2D eigenvalue weighted by molar-refractivity contribution is -0.123. The predicted molar refractivity (Wildman–Crippen MR) is 130 cm³/mol. The summed E-state index contributed by atoms with van der Waals surface area (Å²) >= 11 is 5.92. The van der Waals surface area contributed by atoms with E-state index in [-0.39, 0.29) is 11.8 Å². The van der Waals surface area contributed by atoms with Gasteiger partial charge in [0, 0.05) is 16.1 Å². The molecule has 3 rings (SSSR count). The zero-order valence-corrected chi connectivity index (χ0v) is 19.3. The standard InChI is InChI=1S/C26H26ClN3O3/c1-18(2)24(29-25(31)20-8-4-3-5-9-20)26(32)30-28-16-21-10-6-7-11-23(21)33-17-19-12-14-22(27)15-13-19/h3-16,18,24H,17H2,1-2H3,(H,29,31)(H,30,32)/b28-16+. The summed E-state index contributed by atoms with van der Waals surface area (Å²) in [6, 6.07) is 22.8. The first-order chi connectivity index (χ1) is 15.9. The molecule has 0 spiro atoms. The van der Waals surface area contributed by atoms with Crippen LogP contribution in [0, 0.1) is 5.92 Å². The lowest BCUT2D eigenvalue weighted by Crippen LogP contribution is -2.48. The average molecular weight is 464 g/mol. The molecule has 7 heteroatoms. The molecule has 0 fully saturated rings. The maximum Gasteiger partial charge on any atom is 0.262 e. The number of hydrogen-bond acceptors (Lipinski definition) is 4. The van der Waals surface area contributed by atoms with Crippen LogP contribution in [0.25, 0.3) is 0 Å². The highest BCUT2D eigenvalue weighted by atomic mass is 35.5. The van der Waals surface area contributed by atoms with Crippen molar-refractivity contribution in [3.8, 4) is 5.75 Å². The number of hydrogen-bond donors (Lipinski definition) is 2. The Bertz CT molecular complexity index is 1100. The van der Waals surface area contributed by atoms with Gasteiger partial charge in [-0.05, 0) is 47.9 Å². The second kappa shape index (κ2) is 11.8. The minimum atomic E-state index is -0.730. The molecular weight excluding hydrogens is 438 g/mol. The number of para-hydroxylation sites is 1. The van der Waals surface area contributed by atoms with Crippen molar-refractivity contribution in [1.82, 2.24) is 10.7 Å². The van der Waals surface area contributed by atoms with E-state index in [9.17, 15) is 9.59 Å². The van der Waals surface area contributed by atoms with E-state index in [4.69, 9.17) is 16.3 Å². The smallest absolute Gasteiger partial charge is 0.262 e. The fourth-order valence-electron chi connectivity index (χ4n) is 3.04. The van der Waals surface area contributed by atoms with Crippen LogP contribution in [0.1, 0.15) is 35.3 Å². The second-order valence-corrected chi connectivity index (χ2v) is 8.18. The summed E-state index contributed by atoms with van der Waals surface area (Å²) < 4.78 is 5.90. The molecule has 0 aromatic heterocycles. The number of benzene rings is 3. The van der Waals surface area contributed by atoms with Crippen molar-refractivity contribution in [2.45, 2.75) is 26.5 Å². The molecule has 0 radical (unpaired) electrons. The van der Waals surface area contributed by atoms with Gasteiger partial charge in [-0.3, -0.25) is 9.59 Å². The highest BCUT2D eigenvalue weighted by molar-refractivity contribution is 6.30. The van der Waals surface area contributed by atoms with Crippen molar-refractivity contribution in [3.05, 3.63) is 101 Å². The van der Waals surface area contributed by atoms with Crippen LogP contribution in [0.4, 0.5) is 0 Å². The number of nitrogens with zero attached hydrogens (tertiary/aromatic N) is 1. The largest absolute Gasteiger partial charge is 0.488 e. The third-order valence-corrected chi connectivity index (χ3v) is 5.13. The van der Waals surface area contributed by atoms with E-state index in [1.54, 1.807) is 24.3 Å². The van der Waals surface area contributed by atoms with E-state index in [0.29, 0.717) is 28.5 Å². The summed E-state index contributed by atoms with van der Waals surface area (Å²) in [7, 11) is 0. The Hall–Kier alpha value is -3.64. The van der Waals surface area contributed by atoms with Crippen molar-refractivity contribution in [2.75, 3.05) is 0 Å². The van der Waals surface area contributed by atoms with Crippen LogP contribution in [-0.4, -0.2) is 24.1 Å². The summed E-state index contributed by atoms with van der Waals surface area (Å²) in [5.74, 6) is -0.203. The molecule has 2 amide bonds. The normalized spacial score (nSPS) is 11.9. The lowest BCUT2D eigenvalue weighted by Gasteiger charge is -2.20. The average Bonchev–Trinajstić information content (AvgIpc) is 2.83. The Morgan fingerprint density at radius 2 is 1.64 bits per heavy atom. The third-order valence-electron chi connectivity index (χ3n) is 4.88. The van der Waals surface area contributed by atoms with Gasteiger partial charge in [0.25, 0.3) is 11.8 Å². The van der Waals surface area contributed by atoms with Crippen molar-refractivity contribution in [1.29, 1.82) is 0 Å². The molecule has 0 aliphatic heterocycles. The number of amides is 2. The van der Waals surface area contributed by atoms with Gasteiger partial charge >= 0.3 is 0 Å².